The van der Waals surface area contributed by atoms with Gasteiger partial charge in [0.15, 0.2) is 0 Å². The molecule has 19 heavy (non-hydrogen) atoms. The molecule has 0 aliphatic carbocycles. The highest BCUT2D eigenvalue weighted by atomic mass is 16.7. The molecule has 0 aliphatic rings. The summed E-state index contributed by atoms with van der Waals surface area (Å²) in [5.74, 6) is 0. The minimum atomic E-state index is 0.0781. The number of para-hydroxylation sites is 1. The molecule has 1 atom stereocenters. The molecule has 102 valence electrons. The van der Waals surface area contributed by atoms with Crippen LogP contribution < -0.4 is 5.48 Å². The summed E-state index contributed by atoms with van der Waals surface area (Å²) in [7, 11) is 1.65. The minimum absolute atomic E-state index is 0.0781. The summed E-state index contributed by atoms with van der Waals surface area (Å²) in [6, 6.07) is 10.1. The molecule has 0 aliphatic heterocycles. The first kappa shape index (κ1) is 13.7. The zero-order valence-electron chi connectivity index (χ0n) is 11.2. The van der Waals surface area contributed by atoms with Crippen molar-refractivity contribution in [3.8, 4) is 5.69 Å². The number of methoxy groups -OCH3 is 1. The van der Waals surface area contributed by atoms with Gasteiger partial charge in [-0.25, -0.2) is 4.68 Å². The summed E-state index contributed by atoms with van der Waals surface area (Å²) in [6.45, 7) is 3.12. The molecule has 2 aromatic rings. The molecule has 0 fully saturated rings. The van der Waals surface area contributed by atoms with E-state index < -0.39 is 0 Å². The predicted octanol–water partition coefficient (Wildman–Crippen LogP) is 2.10. The van der Waals surface area contributed by atoms with E-state index in [1.165, 1.54) is 0 Å². The third-order valence-electron chi connectivity index (χ3n) is 2.77. The Bertz CT molecular complexity index is 484. The summed E-state index contributed by atoms with van der Waals surface area (Å²) < 4.78 is 6.76. The van der Waals surface area contributed by atoms with E-state index in [9.17, 15) is 0 Å². The Hall–Kier alpha value is -1.69. The Labute approximate surface area is 113 Å². The maximum Gasteiger partial charge on any atom is 0.0916 e. The van der Waals surface area contributed by atoms with Crippen molar-refractivity contribution >= 4 is 0 Å². The van der Waals surface area contributed by atoms with Crippen LogP contribution >= 0.6 is 0 Å². The Balaban J connectivity index is 1.93. The monoisotopic (exact) mass is 261 g/mol. The highest BCUT2D eigenvalue weighted by molar-refractivity contribution is 5.31. The lowest BCUT2D eigenvalue weighted by Gasteiger charge is -2.11. The van der Waals surface area contributed by atoms with Crippen molar-refractivity contribution in [3.05, 3.63) is 48.3 Å². The summed E-state index contributed by atoms with van der Waals surface area (Å²) in [6.07, 6.45) is 3.83. The van der Waals surface area contributed by atoms with Crippen LogP contribution in [0.4, 0.5) is 0 Å². The summed E-state index contributed by atoms with van der Waals surface area (Å²) in [5, 5.41) is 4.35. The van der Waals surface area contributed by atoms with E-state index in [0.717, 1.165) is 11.3 Å². The first-order valence-corrected chi connectivity index (χ1v) is 6.27. The Morgan fingerprint density at radius 2 is 2.05 bits per heavy atom. The molecule has 1 aromatic carbocycles. The van der Waals surface area contributed by atoms with Crippen LogP contribution in [-0.4, -0.2) is 30.1 Å². The van der Waals surface area contributed by atoms with Crippen LogP contribution in [0, 0.1) is 0 Å². The molecule has 1 aromatic heterocycles. The first-order chi connectivity index (χ1) is 9.31. The van der Waals surface area contributed by atoms with Gasteiger partial charge in [-0.2, -0.15) is 10.6 Å². The molecule has 1 N–H and O–H groups in total. The quantitative estimate of drug-likeness (QED) is 0.612. The van der Waals surface area contributed by atoms with Crippen molar-refractivity contribution in [2.75, 3.05) is 20.3 Å². The second kappa shape index (κ2) is 7.04. The van der Waals surface area contributed by atoms with Crippen molar-refractivity contribution < 1.29 is 9.57 Å². The van der Waals surface area contributed by atoms with Crippen LogP contribution in [0.5, 0.6) is 0 Å². The molecule has 0 bridgehead atoms. The van der Waals surface area contributed by atoms with E-state index in [1.54, 1.807) is 7.11 Å². The topological polar surface area (TPSA) is 48.3 Å². The minimum Gasteiger partial charge on any atom is -0.382 e. The standard InChI is InChI=1S/C14H19N3O2/c1-12(16-19-9-8-18-2)13-10-15-17(11-13)14-6-4-3-5-7-14/h3-7,10-12,16H,8-9H2,1-2H3. The number of benzene rings is 1. The molecule has 0 amide bonds. The maximum absolute atomic E-state index is 5.29. The van der Waals surface area contributed by atoms with Crippen molar-refractivity contribution in [2.45, 2.75) is 13.0 Å². The number of ether oxygens (including phenoxy) is 1. The lowest BCUT2D eigenvalue weighted by Crippen LogP contribution is -2.21. The number of hydrogen-bond acceptors (Lipinski definition) is 4. The van der Waals surface area contributed by atoms with Gasteiger partial charge in [0.1, 0.15) is 0 Å². The molecule has 1 unspecified atom stereocenters. The molecule has 2 rings (SSSR count). The van der Waals surface area contributed by atoms with E-state index >= 15 is 0 Å². The first-order valence-electron chi connectivity index (χ1n) is 6.27. The number of nitrogens with one attached hydrogen (secondary N) is 1. The molecular formula is C14H19N3O2. The van der Waals surface area contributed by atoms with Gasteiger partial charge in [0, 0.05) is 18.9 Å². The number of rotatable bonds is 7. The average molecular weight is 261 g/mol. The fourth-order valence-electron chi connectivity index (χ4n) is 1.66. The van der Waals surface area contributed by atoms with Crippen molar-refractivity contribution in [2.24, 2.45) is 0 Å². The van der Waals surface area contributed by atoms with Gasteiger partial charge in [0.2, 0.25) is 0 Å². The second-order valence-corrected chi connectivity index (χ2v) is 4.23. The summed E-state index contributed by atoms with van der Waals surface area (Å²) in [4.78, 5) is 5.29. The van der Waals surface area contributed by atoms with Crippen molar-refractivity contribution in [1.82, 2.24) is 15.3 Å². The van der Waals surface area contributed by atoms with Gasteiger partial charge in [-0.05, 0) is 19.1 Å². The Kier molecular flexibility index (Phi) is 5.09. The second-order valence-electron chi connectivity index (χ2n) is 4.23. The molecule has 0 saturated carbocycles. The van der Waals surface area contributed by atoms with E-state index in [4.69, 9.17) is 9.57 Å². The highest BCUT2D eigenvalue weighted by Gasteiger charge is 2.08. The van der Waals surface area contributed by atoms with Gasteiger partial charge in [-0.15, -0.1) is 0 Å². The molecule has 5 heteroatoms. The van der Waals surface area contributed by atoms with Gasteiger partial charge in [0.25, 0.3) is 0 Å². The maximum atomic E-state index is 5.29. The molecule has 1 heterocycles. The number of aromatic nitrogens is 2. The van der Waals surface area contributed by atoms with E-state index in [1.807, 2.05) is 54.3 Å². The number of hydrogen-bond donors (Lipinski definition) is 1. The van der Waals surface area contributed by atoms with Gasteiger partial charge in [-0.1, -0.05) is 18.2 Å². The van der Waals surface area contributed by atoms with Crippen molar-refractivity contribution in [3.63, 3.8) is 0 Å². The van der Waals surface area contributed by atoms with E-state index in [2.05, 4.69) is 10.6 Å². The largest absolute Gasteiger partial charge is 0.382 e. The number of nitrogens with zero attached hydrogens (tertiary/aromatic N) is 2. The fourth-order valence-corrected chi connectivity index (χ4v) is 1.66. The van der Waals surface area contributed by atoms with Gasteiger partial charge in [-0.3, -0.25) is 4.84 Å². The molecule has 0 saturated heterocycles. The van der Waals surface area contributed by atoms with Crippen LogP contribution in [0.2, 0.25) is 0 Å². The van der Waals surface area contributed by atoms with Gasteiger partial charge < -0.3 is 4.74 Å². The average Bonchev–Trinajstić information content (AvgIpc) is 2.94. The zero-order chi connectivity index (χ0) is 13.5. The van der Waals surface area contributed by atoms with Gasteiger partial charge >= 0.3 is 0 Å². The van der Waals surface area contributed by atoms with Crippen LogP contribution in [-0.2, 0) is 9.57 Å². The number of hydroxylamine groups is 1. The van der Waals surface area contributed by atoms with Gasteiger partial charge in [0.05, 0.1) is 31.1 Å². The zero-order valence-corrected chi connectivity index (χ0v) is 11.2. The van der Waals surface area contributed by atoms with Crippen LogP contribution in [0.1, 0.15) is 18.5 Å². The molecule has 5 nitrogen and oxygen atoms in total. The fraction of sp³-hybridized carbons (Fsp3) is 0.357. The van der Waals surface area contributed by atoms with E-state index in [-0.39, 0.29) is 6.04 Å². The molecule has 0 radical (unpaired) electrons. The lowest BCUT2D eigenvalue weighted by molar-refractivity contribution is -0.00925. The predicted molar refractivity (Wildman–Crippen MR) is 72.9 cm³/mol. The van der Waals surface area contributed by atoms with E-state index in [0.29, 0.717) is 13.2 Å². The normalized spacial score (nSPS) is 12.5. The summed E-state index contributed by atoms with van der Waals surface area (Å²) >= 11 is 0. The SMILES string of the molecule is COCCONC(C)c1cnn(-c2ccccc2)c1. The summed E-state index contributed by atoms with van der Waals surface area (Å²) in [5.41, 5.74) is 5.08. The van der Waals surface area contributed by atoms with Crippen LogP contribution in [0.15, 0.2) is 42.7 Å². The third kappa shape index (κ3) is 3.89. The van der Waals surface area contributed by atoms with Crippen LogP contribution in [0.3, 0.4) is 0 Å². The molecule has 0 spiro atoms. The molecular weight excluding hydrogens is 242 g/mol. The Morgan fingerprint density at radius 1 is 1.26 bits per heavy atom. The Morgan fingerprint density at radius 3 is 2.79 bits per heavy atom. The third-order valence-corrected chi connectivity index (χ3v) is 2.77. The smallest absolute Gasteiger partial charge is 0.0916 e. The van der Waals surface area contributed by atoms with Crippen molar-refractivity contribution in [1.29, 1.82) is 0 Å². The lowest BCUT2D eigenvalue weighted by atomic mass is 10.2. The van der Waals surface area contributed by atoms with Crippen LogP contribution in [0.25, 0.3) is 5.69 Å². The highest BCUT2D eigenvalue weighted by Crippen LogP contribution is 2.14.